The first-order chi connectivity index (χ1) is 14.8. The lowest BCUT2D eigenvalue weighted by molar-refractivity contribution is -0.140. The Morgan fingerprint density at radius 2 is 1.84 bits per heavy atom. The molecule has 1 aliphatic carbocycles. The van der Waals surface area contributed by atoms with Crippen molar-refractivity contribution in [2.24, 2.45) is 0 Å². The number of carbonyl (C=O) groups is 2. The van der Waals surface area contributed by atoms with Gasteiger partial charge in [0.25, 0.3) is 0 Å². The van der Waals surface area contributed by atoms with Crippen molar-refractivity contribution in [3.05, 3.63) is 69.7 Å². The fraction of sp³-hybridized carbons (Fsp3) is 0.462. The first kappa shape index (κ1) is 23.3. The number of aryl methyl sites for hydroxylation is 2. The number of nitrogens with one attached hydrogen (secondary N) is 1. The van der Waals surface area contributed by atoms with Gasteiger partial charge in [0, 0.05) is 17.6 Å². The highest BCUT2D eigenvalue weighted by Gasteiger charge is 2.28. The molecule has 0 heterocycles. The van der Waals surface area contributed by atoms with E-state index in [1.165, 1.54) is 6.42 Å². The summed E-state index contributed by atoms with van der Waals surface area (Å²) in [6.07, 6.45) is 5.84. The first-order valence-electron chi connectivity index (χ1n) is 11.2. The van der Waals surface area contributed by atoms with Crippen molar-refractivity contribution in [2.75, 3.05) is 0 Å². The Kier molecular flexibility index (Phi) is 8.14. The molecule has 0 unspecified atom stereocenters. The van der Waals surface area contributed by atoms with Crippen LogP contribution in [0.3, 0.4) is 0 Å². The van der Waals surface area contributed by atoms with Crippen LogP contribution in [0, 0.1) is 13.8 Å². The maximum Gasteiger partial charge on any atom is 0.242 e. The van der Waals surface area contributed by atoms with Gasteiger partial charge >= 0.3 is 0 Å². The summed E-state index contributed by atoms with van der Waals surface area (Å²) in [5, 5.41) is 3.80. The second-order valence-electron chi connectivity index (χ2n) is 8.78. The lowest BCUT2D eigenvalue weighted by Crippen LogP contribution is -2.50. The van der Waals surface area contributed by atoms with E-state index in [0.717, 1.165) is 47.9 Å². The lowest BCUT2D eigenvalue weighted by Gasteiger charge is -2.31. The van der Waals surface area contributed by atoms with Gasteiger partial charge in [-0.3, -0.25) is 9.59 Å². The summed E-state index contributed by atoms with van der Waals surface area (Å²) in [6.45, 7) is 6.22. The second kappa shape index (κ2) is 10.8. The van der Waals surface area contributed by atoms with Gasteiger partial charge in [0.2, 0.25) is 11.8 Å². The molecule has 0 aromatic heterocycles. The predicted molar refractivity (Wildman–Crippen MR) is 126 cm³/mol. The molecule has 2 aromatic carbocycles. The van der Waals surface area contributed by atoms with Crippen LogP contribution in [0.5, 0.6) is 0 Å². The Hall–Kier alpha value is -2.33. The van der Waals surface area contributed by atoms with E-state index in [2.05, 4.69) is 11.4 Å². The van der Waals surface area contributed by atoms with Crippen LogP contribution in [0.15, 0.2) is 42.5 Å². The molecule has 0 saturated heterocycles. The van der Waals surface area contributed by atoms with Gasteiger partial charge < -0.3 is 10.2 Å². The van der Waals surface area contributed by atoms with Gasteiger partial charge in [-0.2, -0.15) is 0 Å². The zero-order valence-corrected chi connectivity index (χ0v) is 19.5. The molecule has 5 heteroatoms. The molecule has 1 N–H and O–H groups in total. The van der Waals surface area contributed by atoms with E-state index in [1.807, 2.05) is 57.2 Å². The van der Waals surface area contributed by atoms with Crippen LogP contribution in [0.1, 0.15) is 61.3 Å². The van der Waals surface area contributed by atoms with Gasteiger partial charge in [0.05, 0.1) is 6.42 Å². The number of hydrogen-bond donors (Lipinski definition) is 1. The fourth-order valence-electron chi connectivity index (χ4n) is 4.24. The fourth-order valence-corrected chi connectivity index (χ4v) is 4.45. The molecule has 2 aromatic rings. The zero-order chi connectivity index (χ0) is 22.4. The van der Waals surface area contributed by atoms with E-state index in [1.54, 1.807) is 4.90 Å². The van der Waals surface area contributed by atoms with Gasteiger partial charge in [-0.1, -0.05) is 66.8 Å². The third-order valence-electron chi connectivity index (χ3n) is 6.21. The third-order valence-corrected chi connectivity index (χ3v) is 6.44. The van der Waals surface area contributed by atoms with Crippen molar-refractivity contribution < 1.29 is 9.59 Å². The molecule has 0 spiro atoms. The van der Waals surface area contributed by atoms with Crippen LogP contribution < -0.4 is 5.32 Å². The summed E-state index contributed by atoms with van der Waals surface area (Å²) in [7, 11) is 0. The van der Waals surface area contributed by atoms with Gasteiger partial charge in [-0.05, 0) is 62.4 Å². The highest BCUT2D eigenvalue weighted by atomic mass is 35.5. The van der Waals surface area contributed by atoms with Crippen molar-refractivity contribution >= 4 is 23.4 Å². The number of nitrogens with zero attached hydrogens (tertiary/aromatic N) is 1. The van der Waals surface area contributed by atoms with Crippen LogP contribution in [0.4, 0.5) is 0 Å². The van der Waals surface area contributed by atoms with Crippen LogP contribution in [-0.4, -0.2) is 28.8 Å². The molecule has 0 radical (unpaired) electrons. The number of hydrogen-bond acceptors (Lipinski definition) is 2. The van der Waals surface area contributed by atoms with Crippen molar-refractivity contribution in [3.63, 3.8) is 0 Å². The molecule has 1 fully saturated rings. The van der Waals surface area contributed by atoms with Crippen molar-refractivity contribution in [3.8, 4) is 0 Å². The van der Waals surface area contributed by atoms with Crippen LogP contribution in [0.2, 0.25) is 5.02 Å². The Labute approximate surface area is 191 Å². The van der Waals surface area contributed by atoms with E-state index in [-0.39, 0.29) is 24.3 Å². The van der Waals surface area contributed by atoms with E-state index in [4.69, 9.17) is 11.6 Å². The average Bonchev–Trinajstić information content (AvgIpc) is 2.75. The second-order valence-corrected chi connectivity index (χ2v) is 9.21. The monoisotopic (exact) mass is 440 g/mol. The Morgan fingerprint density at radius 3 is 2.55 bits per heavy atom. The molecule has 4 nitrogen and oxygen atoms in total. The quantitative estimate of drug-likeness (QED) is 0.629. The minimum atomic E-state index is -0.557. The molecule has 166 valence electrons. The Balaban J connectivity index is 1.79. The molecule has 0 bridgehead atoms. The normalized spacial score (nSPS) is 15.4. The van der Waals surface area contributed by atoms with E-state index >= 15 is 0 Å². The molecular weight excluding hydrogens is 408 g/mol. The van der Waals surface area contributed by atoms with E-state index in [9.17, 15) is 9.59 Å². The highest BCUT2D eigenvalue weighted by Crippen LogP contribution is 2.20. The zero-order valence-electron chi connectivity index (χ0n) is 18.8. The topological polar surface area (TPSA) is 49.4 Å². The molecule has 3 rings (SSSR count). The van der Waals surface area contributed by atoms with Crippen LogP contribution >= 0.6 is 11.6 Å². The third kappa shape index (κ3) is 6.57. The van der Waals surface area contributed by atoms with E-state index < -0.39 is 6.04 Å². The summed E-state index contributed by atoms with van der Waals surface area (Å²) in [6, 6.07) is 13.3. The minimum Gasteiger partial charge on any atom is -0.352 e. The van der Waals surface area contributed by atoms with Gasteiger partial charge in [-0.25, -0.2) is 0 Å². The number of halogens is 1. The van der Waals surface area contributed by atoms with Gasteiger partial charge in [0.15, 0.2) is 0 Å². The SMILES string of the molecule is Cc1ccc(C)c(CC(=O)N(Cc2cccc(Cl)c2)[C@H](C)C(=O)NC2CCCCC2)c1. The minimum absolute atomic E-state index is 0.0556. The number of carbonyl (C=O) groups excluding carboxylic acids is 2. The van der Waals surface area contributed by atoms with E-state index in [0.29, 0.717) is 11.6 Å². The summed E-state index contributed by atoms with van der Waals surface area (Å²) in [5.74, 6) is -0.136. The molecular formula is C26H33ClN2O2. The highest BCUT2D eigenvalue weighted by molar-refractivity contribution is 6.30. The number of rotatable bonds is 7. The van der Waals surface area contributed by atoms with Gasteiger partial charge in [-0.15, -0.1) is 0 Å². The summed E-state index contributed by atoms with van der Waals surface area (Å²) >= 11 is 6.16. The molecule has 1 saturated carbocycles. The maximum atomic E-state index is 13.4. The maximum absolute atomic E-state index is 13.4. The summed E-state index contributed by atoms with van der Waals surface area (Å²) in [4.78, 5) is 28.2. The lowest BCUT2D eigenvalue weighted by atomic mass is 9.95. The van der Waals surface area contributed by atoms with Crippen molar-refractivity contribution in [1.82, 2.24) is 10.2 Å². The van der Waals surface area contributed by atoms with Crippen molar-refractivity contribution in [2.45, 2.75) is 77.9 Å². The summed E-state index contributed by atoms with van der Waals surface area (Å²) < 4.78 is 0. The largest absolute Gasteiger partial charge is 0.352 e. The van der Waals surface area contributed by atoms with Gasteiger partial charge in [0.1, 0.15) is 6.04 Å². The average molecular weight is 441 g/mol. The number of amides is 2. The van der Waals surface area contributed by atoms with Crippen LogP contribution in [-0.2, 0) is 22.6 Å². The molecule has 0 aliphatic heterocycles. The predicted octanol–water partition coefficient (Wildman–Crippen LogP) is 5.37. The summed E-state index contributed by atoms with van der Waals surface area (Å²) in [5.41, 5.74) is 4.12. The van der Waals surface area contributed by atoms with Crippen molar-refractivity contribution in [1.29, 1.82) is 0 Å². The molecule has 1 aliphatic rings. The standard InChI is InChI=1S/C26H33ClN2O2/c1-18-12-13-19(2)22(14-18)16-25(30)29(17-21-8-7-9-23(27)15-21)20(3)26(31)28-24-10-5-4-6-11-24/h7-9,12-15,20,24H,4-6,10-11,16-17H2,1-3H3,(H,28,31)/t20-/m1/s1. The smallest absolute Gasteiger partial charge is 0.242 e. The Morgan fingerprint density at radius 1 is 1.10 bits per heavy atom. The number of benzene rings is 2. The Bertz CT molecular complexity index is 921. The molecule has 1 atom stereocenters. The first-order valence-corrected chi connectivity index (χ1v) is 11.6. The molecule has 31 heavy (non-hydrogen) atoms. The molecule has 2 amide bonds. The van der Waals surface area contributed by atoms with Crippen LogP contribution in [0.25, 0.3) is 0 Å².